The molecule has 5 nitrogen and oxygen atoms in total. The molecule has 1 aromatic rings. The van der Waals surface area contributed by atoms with Crippen molar-refractivity contribution in [1.82, 2.24) is 4.90 Å². The second-order valence-corrected chi connectivity index (χ2v) is 4.99. The summed E-state index contributed by atoms with van der Waals surface area (Å²) in [5.41, 5.74) is 7.71. The van der Waals surface area contributed by atoms with E-state index in [1.807, 2.05) is 31.2 Å². The molecule has 0 aliphatic rings. The van der Waals surface area contributed by atoms with Crippen LogP contribution in [0.1, 0.15) is 11.1 Å². The number of hydrazone groups is 1. The lowest BCUT2D eigenvalue weighted by molar-refractivity contribution is -0.127. The highest BCUT2D eigenvalue weighted by molar-refractivity contribution is 8.14. The number of carbonyl (C=O) groups is 1. The highest BCUT2D eigenvalue weighted by Crippen LogP contribution is 2.08. The number of aryl methyl sites for hydroxylation is 1. The summed E-state index contributed by atoms with van der Waals surface area (Å²) < 4.78 is 0. The molecule has 0 saturated carbocycles. The van der Waals surface area contributed by atoms with Gasteiger partial charge in [0.15, 0.2) is 5.17 Å². The lowest BCUT2D eigenvalue weighted by Crippen LogP contribution is -2.28. The Hall–Kier alpha value is -1.69. The number of rotatable bonds is 4. The van der Waals surface area contributed by atoms with Crippen molar-refractivity contribution < 1.29 is 4.79 Å². The van der Waals surface area contributed by atoms with Gasteiger partial charge in [-0.1, -0.05) is 41.6 Å². The number of thioether (sulfide) groups is 1. The number of carbonyl (C=O) groups excluding carboxylic acids is 1. The third kappa shape index (κ3) is 4.67. The minimum Gasteiger partial charge on any atom is -0.377 e. The SMILES string of the molecule is Cc1ccc(CN(C)C(=O)CSC(N)=NN)cc1. The van der Waals surface area contributed by atoms with Gasteiger partial charge >= 0.3 is 0 Å². The van der Waals surface area contributed by atoms with Gasteiger partial charge in [0.2, 0.25) is 5.91 Å². The maximum atomic E-state index is 11.8. The average Bonchev–Trinajstić information content (AvgIpc) is 2.38. The molecule has 0 unspecified atom stereocenters. The van der Waals surface area contributed by atoms with Gasteiger partial charge in [-0.25, -0.2) is 0 Å². The fraction of sp³-hybridized carbons (Fsp3) is 0.333. The van der Waals surface area contributed by atoms with E-state index in [2.05, 4.69) is 5.10 Å². The molecular formula is C12H18N4OS. The highest BCUT2D eigenvalue weighted by Gasteiger charge is 2.10. The summed E-state index contributed by atoms with van der Waals surface area (Å²) in [5, 5.41) is 3.52. The van der Waals surface area contributed by atoms with Crippen LogP contribution >= 0.6 is 11.8 Å². The summed E-state index contributed by atoms with van der Waals surface area (Å²) in [5.74, 6) is 5.23. The summed E-state index contributed by atoms with van der Waals surface area (Å²) in [7, 11) is 1.76. The third-order valence-corrected chi connectivity index (χ3v) is 3.23. The Labute approximate surface area is 111 Å². The number of hydrogen-bond acceptors (Lipinski definition) is 4. The molecule has 0 saturated heterocycles. The van der Waals surface area contributed by atoms with Crippen molar-refractivity contribution in [2.24, 2.45) is 16.7 Å². The fourth-order valence-corrected chi connectivity index (χ4v) is 1.90. The first-order valence-corrected chi connectivity index (χ1v) is 6.47. The second-order valence-electron chi connectivity index (χ2n) is 3.99. The number of amidine groups is 1. The average molecular weight is 266 g/mol. The first-order valence-electron chi connectivity index (χ1n) is 5.48. The van der Waals surface area contributed by atoms with Gasteiger partial charge in [-0.3, -0.25) is 4.79 Å². The molecule has 0 aromatic heterocycles. The summed E-state index contributed by atoms with van der Waals surface area (Å²) in [4.78, 5) is 13.4. The molecule has 0 fully saturated rings. The van der Waals surface area contributed by atoms with Crippen molar-refractivity contribution in [3.05, 3.63) is 35.4 Å². The van der Waals surface area contributed by atoms with Gasteiger partial charge < -0.3 is 16.5 Å². The molecule has 0 radical (unpaired) electrons. The molecule has 1 rings (SSSR count). The van der Waals surface area contributed by atoms with Crippen LogP contribution in [0.2, 0.25) is 0 Å². The second kappa shape index (κ2) is 6.90. The molecule has 0 heterocycles. The Bertz CT molecular complexity index is 430. The van der Waals surface area contributed by atoms with Crippen molar-refractivity contribution in [2.75, 3.05) is 12.8 Å². The Balaban J connectivity index is 2.47. The summed E-state index contributed by atoms with van der Waals surface area (Å²) in [6.45, 7) is 2.61. The van der Waals surface area contributed by atoms with Gasteiger partial charge in [0.25, 0.3) is 0 Å². The van der Waals surface area contributed by atoms with Crippen molar-refractivity contribution >= 4 is 22.8 Å². The highest BCUT2D eigenvalue weighted by atomic mass is 32.2. The van der Waals surface area contributed by atoms with E-state index in [0.717, 1.165) is 17.3 Å². The summed E-state index contributed by atoms with van der Waals surface area (Å²) in [6.07, 6.45) is 0. The number of hydrogen-bond donors (Lipinski definition) is 2. The summed E-state index contributed by atoms with van der Waals surface area (Å²) in [6, 6.07) is 8.09. The smallest absolute Gasteiger partial charge is 0.233 e. The van der Waals surface area contributed by atoms with Crippen LogP contribution in [-0.2, 0) is 11.3 Å². The Morgan fingerprint density at radius 2 is 2.00 bits per heavy atom. The van der Waals surface area contributed by atoms with Crippen molar-refractivity contribution in [1.29, 1.82) is 0 Å². The molecule has 0 aliphatic heterocycles. The largest absolute Gasteiger partial charge is 0.377 e. The molecule has 1 amide bonds. The first kappa shape index (κ1) is 14.4. The van der Waals surface area contributed by atoms with Gasteiger partial charge in [-0.15, -0.1) is 0 Å². The first-order chi connectivity index (χ1) is 8.52. The number of amides is 1. The van der Waals surface area contributed by atoms with Gasteiger partial charge in [-0.05, 0) is 12.5 Å². The van der Waals surface area contributed by atoms with Crippen LogP contribution in [0.3, 0.4) is 0 Å². The molecule has 98 valence electrons. The zero-order valence-corrected chi connectivity index (χ0v) is 11.4. The van der Waals surface area contributed by atoms with Gasteiger partial charge in [0, 0.05) is 13.6 Å². The van der Waals surface area contributed by atoms with Crippen LogP contribution in [-0.4, -0.2) is 28.8 Å². The maximum absolute atomic E-state index is 11.8. The Morgan fingerprint density at radius 3 is 2.56 bits per heavy atom. The predicted octanol–water partition coefficient (Wildman–Crippen LogP) is 0.875. The van der Waals surface area contributed by atoms with E-state index in [4.69, 9.17) is 11.6 Å². The topological polar surface area (TPSA) is 84.7 Å². The van der Waals surface area contributed by atoms with Gasteiger partial charge in [0.05, 0.1) is 5.75 Å². The molecule has 1 aromatic carbocycles. The number of benzene rings is 1. The standard InChI is InChI=1S/C12H18N4OS/c1-9-3-5-10(6-4-9)7-16(2)11(17)8-18-12(13)15-14/h3-6H,7-8,14H2,1-2H3,(H2,13,15). The minimum atomic E-state index is -0.00725. The number of nitrogens with two attached hydrogens (primary N) is 2. The van der Waals surface area contributed by atoms with E-state index in [-0.39, 0.29) is 16.8 Å². The van der Waals surface area contributed by atoms with Crippen molar-refractivity contribution in [3.8, 4) is 0 Å². The fourth-order valence-electron chi connectivity index (χ4n) is 1.34. The van der Waals surface area contributed by atoms with E-state index < -0.39 is 0 Å². The number of nitrogens with zero attached hydrogens (tertiary/aromatic N) is 2. The molecule has 0 aliphatic carbocycles. The molecule has 6 heteroatoms. The van der Waals surface area contributed by atoms with Crippen molar-refractivity contribution in [3.63, 3.8) is 0 Å². The monoisotopic (exact) mass is 266 g/mol. The lowest BCUT2D eigenvalue weighted by Gasteiger charge is -2.17. The maximum Gasteiger partial charge on any atom is 0.233 e. The van der Waals surface area contributed by atoms with Crippen LogP contribution in [0.25, 0.3) is 0 Å². The van der Waals surface area contributed by atoms with Crippen LogP contribution < -0.4 is 11.6 Å². The molecule has 0 bridgehead atoms. The molecule has 4 N–H and O–H groups in total. The lowest BCUT2D eigenvalue weighted by atomic mass is 10.1. The minimum absolute atomic E-state index is 0.00725. The van der Waals surface area contributed by atoms with Crippen LogP contribution in [0.4, 0.5) is 0 Å². The van der Waals surface area contributed by atoms with Crippen LogP contribution in [0.15, 0.2) is 29.4 Å². The Kier molecular flexibility index (Phi) is 5.51. The molecule has 0 spiro atoms. The molecular weight excluding hydrogens is 248 g/mol. The third-order valence-electron chi connectivity index (χ3n) is 2.44. The zero-order valence-electron chi connectivity index (χ0n) is 10.6. The van der Waals surface area contributed by atoms with E-state index >= 15 is 0 Å². The van der Waals surface area contributed by atoms with E-state index in [0.29, 0.717) is 6.54 Å². The van der Waals surface area contributed by atoms with Crippen LogP contribution in [0, 0.1) is 6.92 Å². The van der Waals surface area contributed by atoms with Crippen molar-refractivity contribution in [2.45, 2.75) is 13.5 Å². The van der Waals surface area contributed by atoms with E-state index in [1.54, 1.807) is 11.9 Å². The molecule has 0 atom stereocenters. The van der Waals surface area contributed by atoms with E-state index in [9.17, 15) is 4.79 Å². The Morgan fingerprint density at radius 1 is 1.39 bits per heavy atom. The summed E-state index contributed by atoms with van der Waals surface area (Å²) >= 11 is 1.14. The predicted molar refractivity (Wildman–Crippen MR) is 75.9 cm³/mol. The van der Waals surface area contributed by atoms with Gasteiger partial charge in [-0.2, -0.15) is 5.10 Å². The van der Waals surface area contributed by atoms with Gasteiger partial charge in [0.1, 0.15) is 0 Å². The normalized spacial score (nSPS) is 11.3. The zero-order chi connectivity index (χ0) is 13.5. The van der Waals surface area contributed by atoms with Crippen LogP contribution in [0.5, 0.6) is 0 Å². The molecule has 18 heavy (non-hydrogen) atoms. The van der Waals surface area contributed by atoms with E-state index in [1.165, 1.54) is 5.56 Å². The quantitative estimate of drug-likeness (QED) is 0.366.